The van der Waals surface area contributed by atoms with Crippen LogP contribution in [0.15, 0.2) is 121 Å². The van der Waals surface area contributed by atoms with Gasteiger partial charge >= 0.3 is 0 Å². The van der Waals surface area contributed by atoms with Gasteiger partial charge in [-0.25, -0.2) is 0 Å². The van der Waals surface area contributed by atoms with Gasteiger partial charge in [0.05, 0.1) is 0 Å². The first-order valence-corrected chi connectivity index (χ1v) is 12.3. The Morgan fingerprint density at radius 3 is 0.824 bits per heavy atom. The van der Waals surface area contributed by atoms with Crippen LogP contribution in [0.5, 0.6) is 0 Å². The van der Waals surface area contributed by atoms with Crippen LogP contribution in [-0.4, -0.2) is 5.78 Å². The molecule has 4 aromatic rings. The minimum atomic E-state index is -0.515. The van der Waals surface area contributed by atoms with Crippen LogP contribution in [0.4, 0.5) is 0 Å². The second kappa shape index (κ2) is 7.81. The van der Waals surface area contributed by atoms with E-state index in [0.717, 1.165) is 0 Å². The Morgan fingerprint density at radius 2 is 0.618 bits per heavy atom. The topological polar surface area (TPSA) is 17.1 Å². The van der Waals surface area contributed by atoms with E-state index in [-0.39, 0.29) is 23.7 Å². The molecule has 168 valence electrons. The molecule has 0 amide bonds. The van der Waals surface area contributed by atoms with Crippen molar-refractivity contribution in [1.29, 1.82) is 0 Å². The third-order valence-corrected chi connectivity index (χ3v) is 8.86. The molecule has 0 spiro atoms. The van der Waals surface area contributed by atoms with E-state index < -0.39 is 10.8 Å². The number of carbonyl (C=O) groups is 1. The van der Waals surface area contributed by atoms with Crippen LogP contribution in [0, 0.1) is 10.8 Å². The summed E-state index contributed by atoms with van der Waals surface area (Å²) in [6.07, 6.45) is 0. The molecule has 0 radical (unpaired) electrons. The summed E-state index contributed by atoms with van der Waals surface area (Å²) < 4.78 is 0. The van der Waals surface area contributed by atoms with E-state index in [4.69, 9.17) is 0 Å². The standard InChI is InChI=1S/C33H30O/c1-32-27(23-15-7-3-8-16-23)29(25-19-11-5-12-20-25)33(2,31(32)34)30(26-21-13-6-14-22-26)28(32)24-17-9-4-10-18-24/h3-22,27-30H,1-2H3. The first-order chi connectivity index (χ1) is 16.6. The van der Waals surface area contributed by atoms with E-state index in [2.05, 4.69) is 135 Å². The summed E-state index contributed by atoms with van der Waals surface area (Å²) >= 11 is 0. The van der Waals surface area contributed by atoms with E-state index in [1.54, 1.807) is 0 Å². The summed E-state index contributed by atoms with van der Waals surface area (Å²) in [5.41, 5.74) is 4.04. The van der Waals surface area contributed by atoms with E-state index in [1.807, 2.05) is 0 Å². The van der Waals surface area contributed by atoms with Gasteiger partial charge in [-0.2, -0.15) is 0 Å². The fourth-order valence-corrected chi connectivity index (χ4v) is 7.71. The number of hydrogen-bond donors (Lipinski definition) is 0. The second-order valence-corrected chi connectivity index (χ2v) is 10.4. The minimum absolute atomic E-state index is 0.110. The Labute approximate surface area is 202 Å². The van der Waals surface area contributed by atoms with Crippen molar-refractivity contribution >= 4 is 5.78 Å². The Balaban J connectivity index is 1.67. The molecule has 2 bridgehead atoms. The molecular weight excluding hydrogens is 412 g/mol. The van der Waals surface area contributed by atoms with Crippen LogP contribution in [0.3, 0.4) is 0 Å². The molecule has 1 nitrogen and oxygen atoms in total. The smallest absolute Gasteiger partial charge is 0.147 e. The number of ketones is 1. The van der Waals surface area contributed by atoms with Crippen molar-refractivity contribution < 1.29 is 4.79 Å². The quantitative estimate of drug-likeness (QED) is 0.316. The van der Waals surface area contributed by atoms with Gasteiger partial charge in [0.1, 0.15) is 5.78 Å². The molecule has 0 heterocycles. The first kappa shape index (κ1) is 21.1. The van der Waals surface area contributed by atoms with Crippen LogP contribution >= 0.6 is 0 Å². The molecule has 2 aliphatic rings. The van der Waals surface area contributed by atoms with E-state index in [1.165, 1.54) is 22.3 Å². The van der Waals surface area contributed by atoms with Gasteiger partial charge in [0.15, 0.2) is 0 Å². The lowest BCUT2D eigenvalue weighted by atomic mass is 9.52. The molecule has 6 rings (SSSR count). The molecule has 0 aliphatic heterocycles. The maximum absolute atomic E-state index is 14.7. The van der Waals surface area contributed by atoms with Crippen molar-refractivity contribution in [2.75, 3.05) is 0 Å². The zero-order valence-electron chi connectivity index (χ0n) is 19.8. The van der Waals surface area contributed by atoms with Gasteiger partial charge in [0, 0.05) is 34.5 Å². The summed E-state index contributed by atoms with van der Waals surface area (Å²) in [7, 11) is 0. The number of carbonyl (C=O) groups excluding carboxylic acids is 1. The van der Waals surface area contributed by atoms with Crippen LogP contribution in [0.25, 0.3) is 0 Å². The largest absolute Gasteiger partial charge is 0.298 e. The van der Waals surface area contributed by atoms with Gasteiger partial charge in [0.25, 0.3) is 0 Å². The molecule has 4 unspecified atom stereocenters. The molecule has 2 aliphatic carbocycles. The third kappa shape index (κ3) is 2.76. The number of fused-ring (bicyclic) bond motifs is 2. The van der Waals surface area contributed by atoms with Crippen LogP contribution in [0.1, 0.15) is 59.8 Å². The molecule has 4 atom stereocenters. The molecule has 0 N–H and O–H groups in total. The average molecular weight is 443 g/mol. The monoisotopic (exact) mass is 442 g/mol. The first-order valence-electron chi connectivity index (χ1n) is 12.3. The normalized spacial score (nSPS) is 32.1. The summed E-state index contributed by atoms with van der Waals surface area (Å²) in [4.78, 5) is 14.7. The fourth-order valence-electron chi connectivity index (χ4n) is 7.71. The second-order valence-electron chi connectivity index (χ2n) is 10.4. The van der Waals surface area contributed by atoms with Crippen molar-refractivity contribution in [3.8, 4) is 0 Å². The lowest BCUT2D eigenvalue weighted by molar-refractivity contribution is -0.129. The van der Waals surface area contributed by atoms with Gasteiger partial charge in [-0.1, -0.05) is 135 Å². The molecule has 34 heavy (non-hydrogen) atoms. The summed E-state index contributed by atoms with van der Waals surface area (Å²) in [5, 5.41) is 0. The number of benzene rings is 4. The van der Waals surface area contributed by atoms with Gasteiger partial charge in [-0.05, 0) is 22.3 Å². The van der Waals surface area contributed by atoms with E-state index >= 15 is 0 Å². The number of Topliss-reactive ketones (excluding diaryl/α,β-unsaturated/α-hetero) is 1. The van der Waals surface area contributed by atoms with Crippen molar-refractivity contribution in [1.82, 2.24) is 0 Å². The van der Waals surface area contributed by atoms with Crippen LogP contribution in [-0.2, 0) is 4.79 Å². The number of hydrogen-bond acceptors (Lipinski definition) is 1. The zero-order valence-corrected chi connectivity index (χ0v) is 19.8. The highest BCUT2D eigenvalue weighted by Crippen LogP contribution is 2.79. The summed E-state index contributed by atoms with van der Waals surface area (Å²) in [6.45, 7) is 4.52. The lowest BCUT2D eigenvalue weighted by Gasteiger charge is -2.49. The predicted molar refractivity (Wildman–Crippen MR) is 138 cm³/mol. The predicted octanol–water partition coefficient (Wildman–Crippen LogP) is 7.73. The Kier molecular flexibility index (Phi) is 4.85. The van der Waals surface area contributed by atoms with Gasteiger partial charge < -0.3 is 0 Å². The molecule has 2 saturated carbocycles. The van der Waals surface area contributed by atoms with E-state index in [9.17, 15) is 4.79 Å². The maximum atomic E-state index is 14.7. The van der Waals surface area contributed by atoms with Gasteiger partial charge in [-0.3, -0.25) is 4.79 Å². The fraction of sp³-hybridized carbons (Fsp3) is 0.242. The molecule has 4 aromatic carbocycles. The Morgan fingerprint density at radius 1 is 0.412 bits per heavy atom. The Hall–Kier alpha value is -3.45. The Bertz CT molecular complexity index is 1100. The van der Waals surface area contributed by atoms with Crippen molar-refractivity contribution in [2.45, 2.75) is 37.5 Å². The van der Waals surface area contributed by atoms with Crippen molar-refractivity contribution in [2.24, 2.45) is 10.8 Å². The van der Waals surface area contributed by atoms with Gasteiger partial charge in [-0.15, -0.1) is 0 Å². The molecule has 1 heteroatoms. The molecular formula is C33H30O. The average Bonchev–Trinajstić information content (AvgIpc) is 3.19. The van der Waals surface area contributed by atoms with Crippen LogP contribution < -0.4 is 0 Å². The third-order valence-electron chi connectivity index (χ3n) is 8.86. The molecule has 0 saturated heterocycles. The maximum Gasteiger partial charge on any atom is 0.147 e. The number of rotatable bonds is 4. The highest BCUT2D eigenvalue weighted by molar-refractivity contribution is 6.00. The summed E-state index contributed by atoms with van der Waals surface area (Å²) in [5.74, 6) is 0.848. The molecule has 0 aromatic heterocycles. The minimum Gasteiger partial charge on any atom is -0.298 e. The van der Waals surface area contributed by atoms with E-state index in [0.29, 0.717) is 5.78 Å². The van der Waals surface area contributed by atoms with Crippen molar-refractivity contribution in [3.63, 3.8) is 0 Å². The van der Waals surface area contributed by atoms with Crippen LogP contribution in [0.2, 0.25) is 0 Å². The van der Waals surface area contributed by atoms with Gasteiger partial charge in [0.2, 0.25) is 0 Å². The SMILES string of the molecule is CC12C(=O)C(C)(C(c3ccccc3)C1c1ccccc1)C(c1ccccc1)C2c1ccccc1. The highest BCUT2D eigenvalue weighted by Gasteiger charge is 2.76. The molecule has 2 fully saturated rings. The highest BCUT2D eigenvalue weighted by atomic mass is 16.1. The van der Waals surface area contributed by atoms with Crippen molar-refractivity contribution in [3.05, 3.63) is 144 Å². The zero-order chi connectivity index (χ0) is 23.3. The lowest BCUT2D eigenvalue weighted by Crippen LogP contribution is -2.39. The summed E-state index contributed by atoms with van der Waals surface area (Å²) in [6, 6.07) is 43.0.